The lowest BCUT2D eigenvalue weighted by Crippen LogP contribution is -2.10. The second kappa shape index (κ2) is 14.5. The molecule has 61 heavy (non-hydrogen) atoms. The number of rotatable bonds is 7. The van der Waals surface area contributed by atoms with Crippen molar-refractivity contribution in [3.63, 3.8) is 0 Å². The van der Waals surface area contributed by atoms with E-state index in [0.717, 1.165) is 22.7 Å². The molecule has 0 unspecified atom stereocenters. The van der Waals surface area contributed by atoms with E-state index in [-0.39, 0.29) is 0 Å². The molecule has 0 aliphatic rings. The van der Waals surface area contributed by atoms with Gasteiger partial charge in [-0.15, -0.1) is 11.3 Å². The number of thiophene rings is 1. The third-order valence-electron chi connectivity index (χ3n) is 12.2. The Morgan fingerprint density at radius 2 is 0.918 bits per heavy atom. The molecule has 12 aromatic rings. The van der Waals surface area contributed by atoms with E-state index in [1.54, 1.807) is 0 Å². The molecule has 0 fully saturated rings. The first kappa shape index (κ1) is 35.2. The van der Waals surface area contributed by atoms with Crippen LogP contribution in [-0.4, -0.2) is 4.57 Å². The molecule has 2 nitrogen and oxygen atoms in total. The van der Waals surface area contributed by atoms with Crippen molar-refractivity contribution in [1.29, 1.82) is 0 Å². The maximum Gasteiger partial charge on any atom is 0.0547 e. The summed E-state index contributed by atoms with van der Waals surface area (Å²) in [6.07, 6.45) is 0. The summed E-state index contributed by atoms with van der Waals surface area (Å²) in [5, 5.41) is 7.75. The van der Waals surface area contributed by atoms with Crippen LogP contribution in [0.5, 0.6) is 0 Å². The van der Waals surface area contributed by atoms with Crippen LogP contribution in [0.1, 0.15) is 0 Å². The smallest absolute Gasteiger partial charge is 0.0547 e. The van der Waals surface area contributed by atoms with Gasteiger partial charge in [0.2, 0.25) is 0 Å². The quantitative estimate of drug-likeness (QED) is 0.156. The molecule has 0 aliphatic carbocycles. The van der Waals surface area contributed by atoms with E-state index in [4.69, 9.17) is 0 Å². The summed E-state index contributed by atoms with van der Waals surface area (Å²) >= 11 is 1.88. The predicted octanol–water partition coefficient (Wildman–Crippen LogP) is 16.8. The summed E-state index contributed by atoms with van der Waals surface area (Å²) in [6.45, 7) is 0. The van der Waals surface area contributed by atoms with Crippen molar-refractivity contribution in [1.82, 2.24) is 4.57 Å². The highest BCUT2D eigenvalue weighted by atomic mass is 32.1. The monoisotopic (exact) mass is 794 g/mol. The average Bonchev–Trinajstić information content (AvgIpc) is 3.89. The normalized spacial score (nSPS) is 11.6. The van der Waals surface area contributed by atoms with Crippen molar-refractivity contribution in [3.05, 3.63) is 231 Å². The molecule has 10 aromatic carbocycles. The summed E-state index contributed by atoms with van der Waals surface area (Å²) in [6, 6.07) is 84.0. The molecule has 0 radical (unpaired) electrons. The van der Waals surface area contributed by atoms with Crippen molar-refractivity contribution >= 4 is 81.1 Å². The van der Waals surface area contributed by atoms with Gasteiger partial charge in [-0.1, -0.05) is 164 Å². The Kier molecular flexibility index (Phi) is 8.39. The molecule has 286 valence electrons. The number of aromatic nitrogens is 1. The lowest BCUT2D eigenvalue weighted by molar-refractivity contribution is 1.18. The zero-order chi connectivity index (χ0) is 40.3. The van der Waals surface area contributed by atoms with Crippen molar-refractivity contribution < 1.29 is 0 Å². The fourth-order valence-corrected chi connectivity index (χ4v) is 10.5. The van der Waals surface area contributed by atoms with Crippen molar-refractivity contribution in [2.24, 2.45) is 0 Å². The average molecular weight is 795 g/mol. The van der Waals surface area contributed by atoms with Gasteiger partial charge >= 0.3 is 0 Å². The fraction of sp³-hybridized carbons (Fsp3) is 0. The Labute approximate surface area is 358 Å². The van der Waals surface area contributed by atoms with Gasteiger partial charge in [-0.25, -0.2) is 0 Å². The van der Waals surface area contributed by atoms with Gasteiger partial charge in [0.1, 0.15) is 0 Å². The number of anilines is 3. The molecule has 3 heteroatoms. The van der Waals surface area contributed by atoms with Crippen LogP contribution in [0.25, 0.3) is 91.8 Å². The molecule has 0 spiro atoms. The van der Waals surface area contributed by atoms with E-state index in [0.29, 0.717) is 0 Å². The Hall–Kier alpha value is -7.72. The second-order valence-electron chi connectivity index (χ2n) is 15.7. The summed E-state index contributed by atoms with van der Waals surface area (Å²) in [7, 11) is 0. The van der Waals surface area contributed by atoms with Gasteiger partial charge in [-0.05, 0) is 111 Å². The minimum atomic E-state index is 1.10. The minimum absolute atomic E-state index is 1.10. The number of nitrogens with zero attached hydrogens (tertiary/aromatic N) is 2. The minimum Gasteiger partial charge on any atom is -0.310 e. The van der Waals surface area contributed by atoms with Crippen LogP contribution >= 0.6 is 11.3 Å². The largest absolute Gasteiger partial charge is 0.310 e. The van der Waals surface area contributed by atoms with E-state index in [2.05, 4.69) is 240 Å². The molecule has 0 saturated heterocycles. The van der Waals surface area contributed by atoms with Crippen LogP contribution in [0, 0.1) is 0 Å². The number of fused-ring (bicyclic) bond motifs is 8. The van der Waals surface area contributed by atoms with Crippen LogP contribution in [-0.2, 0) is 0 Å². The first-order valence-electron chi connectivity index (χ1n) is 20.8. The summed E-state index contributed by atoms with van der Waals surface area (Å²) in [5.74, 6) is 0. The van der Waals surface area contributed by atoms with E-state index < -0.39 is 0 Å². The number of benzene rings is 10. The lowest BCUT2D eigenvalue weighted by Gasteiger charge is -2.26. The van der Waals surface area contributed by atoms with E-state index >= 15 is 0 Å². The zero-order valence-corrected chi connectivity index (χ0v) is 34.1. The van der Waals surface area contributed by atoms with Crippen LogP contribution in [0.2, 0.25) is 0 Å². The van der Waals surface area contributed by atoms with Crippen LogP contribution in [0.15, 0.2) is 231 Å². The molecule has 12 rings (SSSR count). The Morgan fingerprint density at radius 3 is 1.67 bits per heavy atom. The molecule has 0 atom stereocenters. The highest BCUT2D eigenvalue weighted by Crippen LogP contribution is 2.43. The first-order chi connectivity index (χ1) is 30.2. The Balaban J connectivity index is 0.924. The van der Waals surface area contributed by atoms with Crippen LogP contribution < -0.4 is 4.90 Å². The summed E-state index contributed by atoms with van der Waals surface area (Å²) in [4.78, 5) is 2.38. The number of hydrogen-bond acceptors (Lipinski definition) is 2. The van der Waals surface area contributed by atoms with Gasteiger partial charge in [0.25, 0.3) is 0 Å². The van der Waals surface area contributed by atoms with Crippen molar-refractivity contribution in [3.8, 4) is 39.1 Å². The molecule has 0 amide bonds. The van der Waals surface area contributed by atoms with Gasteiger partial charge in [-0.3, -0.25) is 0 Å². The second-order valence-corrected chi connectivity index (χ2v) is 16.8. The van der Waals surface area contributed by atoms with E-state index in [9.17, 15) is 0 Å². The van der Waals surface area contributed by atoms with Gasteiger partial charge in [0, 0.05) is 53.7 Å². The highest BCUT2D eigenvalue weighted by Gasteiger charge is 2.18. The molecule has 2 aromatic heterocycles. The molecule has 2 heterocycles. The van der Waals surface area contributed by atoms with Gasteiger partial charge < -0.3 is 9.47 Å². The maximum absolute atomic E-state index is 2.40. The Morgan fingerprint density at radius 1 is 0.344 bits per heavy atom. The predicted molar refractivity (Wildman–Crippen MR) is 262 cm³/mol. The fourth-order valence-electron chi connectivity index (χ4n) is 9.29. The molecular formula is C58H38N2S. The number of para-hydroxylation sites is 1. The molecule has 0 saturated carbocycles. The van der Waals surface area contributed by atoms with Gasteiger partial charge in [0.15, 0.2) is 0 Å². The maximum atomic E-state index is 2.40. The highest BCUT2D eigenvalue weighted by molar-refractivity contribution is 7.26. The lowest BCUT2D eigenvalue weighted by atomic mass is 10.0. The third kappa shape index (κ3) is 6.01. The van der Waals surface area contributed by atoms with Crippen molar-refractivity contribution in [2.75, 3.05) is 4.90 Å². The molecular weight excluding hydrogens is 757 g/mol. The molecule has 0 N–H and O–H groups in total. The van der Waals surface area contributed by atoms with Gasteiger partial charge in [0.05, 0.1) is 11.0 Å². The van der Waals surface area contributed by atoms with Crippen molar-refractivity contribution in [2.45, 2.75) is 0 Å². The topological polar surface area (TPSA) is 8.17 Å². The third-order valence-corrected chi connectivity index (χ3v) is 13.4. The number of hydrogen-bond donors (Lipinski definition) is 0. The summed E-state index contributed by atoms with van der Waals surface area (Å²) in [5.41, 5.74) is 14.1. The van der Waals surface area contributed by atoms with E-state index in [1.165, 1.54) is 86.1 Å². The first-order valence-corrected chi connectivity index (χ1v) is 21.6. The van der Waals surface area contributed by atoms with Gasteiger partial charge in [-0.2, -0.15) is 0 Å². The summed E-state index contributed by atoms with van der Waals surface area (Å²) < 4.78 is 5.04. The SMILES string of the molecule is c1ccc(-c2ccc(N(c3ccc(-c4ccc(-n5c6ccccc6c6c7ccccc7ccc65)cc4)cc3)c3cccc(-c4cccc5c4sc4ccccc45)c3)cc2)cc1. The Bertz CT molecular complexity index is 3560. The van der Waals surface area contributed by atoms with Crippen LogP contribution in [0.3, 0.4) is 0 Å². The van der Waals surface area contributed by atoms with E-state index in [1.807, 2.05) is 11.3 Å². The van der Waals surface area contributed by atoms with Crippen LogP contribution in [0.4, 0.5) is 17.1 Å². The zero-order valence-electron chi connectivity index (χ0n) is 33.2. The molecule has 0 bridgehead atoms. The molecule has 0 aliphatic heterocycles. The standard InChI is InChI=1S/C58H38N2S/c1-2-12-39(13-3-1)40-24-31-45(32-25-40)59(48-16-10-15-44(38-48)50-20-11-21-52-51-18-7-9-23-56(51)61-58(50)52)46-33-26-41(27-34-46)42-28-35-47(36-29-42)60-54-22-8-6-19-53(54)57-49-17-5-4-14-43(49)30-37-55(57)60/h1-38H.